The summed E-state index contributed by atoms with van der Waals surface area (Å²) in [6.07, 6.45) is 3.25. The van der Waals surface area contributed by atoms with Crippen molar-refractivity contribution in [3.05, 3.63) is 58.1 Å². The third-order valence-corrected chi connectivity index (χ3v) is 5.16. The van der Waals surface area contributed by atoms with E-state index in [1.807, 2.05) is 6.92 Å². The molecule has 0 radical (unpaired) electrons. The van der Waals surface area contributed by atoms with E-state index in [0.717, 1.165) is 23.3 Å². The molecule has 2 aromatic rings. The summed E-state index contributed by atoms with van der Waals surface area (Å²) in [6.45, 7) is 2.00. The number of rotatable bonds is 4. The van der Waals surface area contributed by atoms with Gasteiger partial charge in [0.1, 0.15) is 5.82 Å². The first-order chi connectivity index (χ1) is 9.40. The van der Waals surface area contributed by atoms with E-state index in [4.69, 9.17) is 0 Å². The lowest BCUT2D eigenvalue weighted by molar-refractivity contribution is 0.579. The van der Waals surface area contributed by atoms with E-state index in [2.05, 4.69) is 25.6 Å². The molecular formula is C13H12BrFN2O2S. The van der Waals surface area contributed by atoms with Gasteiger partial charge in [0.25, 0.3) is 0 Å². The quantitative estimate of drug-likeness (QED) is 0.913. The molecule has 7 heteroatoms. The summed E-state index contributed by atoms with van der Waals surface area (Å²) in [4.78, 5) is 3.95. The Morgan fingerprint density at radius 3 is 2.75 bits per heavy atom. The largest absolute Gasteiger partial charge is 0.264 e. The molecule has 0 aliphatic rings. The van der Waals surface area contributed by atoms with E-state index in [1.165, 1.54) is 6.07 Å². The van der Waals surface area contributed by atoms with Gasteiger partial charge in [0, 0.05) is 23.4 Å². The molecule has 0 atom stereocenters. The zero-order chi connectivity index (χ0) is 14.8. The smallest absolute Gasteiger partial charge is 0.241 e. The van der Waals surface area contributed by atoms with E-state index in [0.29, 0.717) is 0 Å². The molecule has 4 nitrogen and oxygen atoms in total. The monoisotopic (exact) mass is 358 g/mol. The topological polar surface area (TPSA) is 59.1 Å². The molecule has 0 amide bonds. The maximum absolute atomic E-state index is 13.0. The fraction of sp³-hybridized carbons (Fsp3) is 0.154. The number of pyridine rings is 1. The van der Waals surface area contributed by atoms with Crippen molar-refractivity contribution in [2.24, 2.45) is 0 Å². The van der Waals surface area contributed by atoms with E-state index >= 15 is 0 Å². The second-order valence-corrected chi connectivity index (χ2v) is 6.79. The van der Waals surface area contributed by atoms with E-state index in [9.17, 15) is 12.8 Å². The van der Waals surface area contributed by atoms with E-state index in [-0.39, 0.29) is 15.9 Å². The molecule has 0 saturated heterocycles. The molecule has 1 heterocycles. The number of nitrogens with one attached hydrogen (secondary N) is 1. The number of hydrogen-bond acceptors (Lipinski definition) is 3. The summed E-state index contributed by atoms with van der Waals surface area (Å²) >= 11 is 3.05. The SMILES string of the molecule is Cc1ccncc1CNS(=O)(=O)c1ccc(F)cc1Br. The molecule has 0 unspecified atom stereocenters. The molecule has 1 aromatic carbocycles. The molecule has 0 aliphatic heterocycles. The second kappa shape index (κ2) is 5.99. The van der Waals surface area contributed by atoms with Crippen molar-refractivity contribution in [1.82, 2.24) is 9.71 Å². The summed E-state index contributed by atoms with van der Waals surface area (Å²) in [5.41, 5.74) is 1.73. The molecule has 0 fully saturated rings. The Morgan fingerprint density at radius 1 is 1.35 bits per heavy atom. The summed E-state index contributed by atoms with van der Waals surface area (Å²) in [7, 11) is -3.71. The zero-order valence-electron chi connectivity index (χ0n) is 10.6. The maximum atomic E-state index is 13.0. The van der Waals surface area contributed by atoms with Crippen molar-refractivity contribution in [3.8, 4) is 0 Å². The van der Waals surface area contributed by atoms with Gasteiger partial charge in [0.2, 0.25) is 10.0 Å². The van der Waals surface area contributed by atoms with Gasteiger partial charge in [-0.3, -0.25) is 4.98 Å². The van der Waals surface area contributed by atoms with Crippen LogP contribution >= 0.6 is 15.9 Å². The lowest BCUT2D eigenvalue weighted by Crippen LogP contribution is -2.24. The molecule has 106 valence electrons. The highest BCUT2D eigenvalue weighted by atomic mass is 79.9. The standard InChI is InChI=1S/C13H12BrFN2O2S/c1-9-4-5-16-7-10(9)8-17-20(18,19)13-3-2-11(15)6-12(13)14/h2-7,17H,8H2,1H3. The molecule has 0 spiro atoms. The van der Waals surface area contributed by atoms with Gasteiger partial charge in [-0.05, 0) is 58.2 Å². The van der Waals surface area contributed by atoms with Crippen molar-refractivity contribution < 1.29 is 12.8 Å². The van der Waals surface area contributed by atoms with Gasteiger partial charge in [-0.25, -0.2) is 17.5 Å². The van der Waals surface area contributed by atoms with Crippen LogP contribution in [0.15, 0.2) is 46.0 Å². The number of sulfonamides is 1. The molecular weight excluding hydrogens is 347 g/mol. The highest BCUT2D eigenvalue weighted by Gasteiger charge is 2.18. The normalized spacial score (nSPS) is 11.6. The first-order valence-corrected chi connectivity index (χ1v) is 8.02. The van der Waals surface area contributed by atoms with Crippen LogP contribution in [0.25, 0.3) is 0 Å². The fourth-order valence-corrected chi connectivity index (χ4v) is 3.68. The lowest BCUT2D eigenvalue weighted by atomic mass is 10.2. The molecule has 0 aliphatic carbocycles. The third-order valence-electron chi connectivity index (χ3n) is 2.78. The van der Waals surface area contributed by atoms with Gasteiger partial charge in [0.15, 0.2) is 0 Å². The van der Waals surface area contributed by atoms with Crippen molar-refractivity contribution in [1.29, 1.82) is 0 Å². The Balaban J connectivity index is 2.22. The van der Waals surface area contributed by atoms with Crippen LogP contribution in [0.3, 0.4) is 0 Å². The first-order valence-electron chi connectivity index (χ1n) is 5.74. The summed E-state index contributed by atoms with van der Waals surface area (Å²) in [5, 5.41) is 0. The van der Waals surface area contributed by atoms with Crippen LogP contribution in [0.2, 0.25) is 0 Å². The first kappa shape index (κ1) is 15.1. The highest BCUT2D eigenvalue weighted by molar-refractivity contribution is 9.10. The van der Waals surface area contributed by atoms with Crippen LogP contribution in [-0.2, 0) is 16.6 Å². The number of halogens is 2. The van der Waals surface area contributed by atoms with Crippen LogP contribution in [0.1, 0.15) is 11.1 Å². The van der Waals surface area contributed by atoms with Crippen molar-refractivity contribution in [3.63, 3.8) is 0 Å². The number of aromatic nitrogens is 1. The van der Waals surface area contributed by atoms with Crippen LogP contribution in [0.4, 0.5) is 4.39 Å². The van der Waals surface area contributed by atoms with Gasteiger partial charge in [-0.2, -0.15) is 0 Å². The second-order valence-electron chi connectivity index (χ2n) is 4.20. The van der Waals surface area contributed by atoms with Gasteiger partial charge in [-0.15, -0.1) is 0 Å². The minimum Gasteiger partial charge on any atom is -0.264 e. The molecule has 20 heavy (non-hydrogen) atoms. The Hall–Kier alpha value is -1.31. The average Bonchev–Trinajstić information content (AvgIpc) is 2.37. The Bertz CT molecular complexity index is 735. The summed E-state index contributed by atoms with van der Waals surface area (Å²) < 4.78 is 40.0. The van der Waals surface area contributed by atoms with Crippen LogP contribution < -0.4 is 4.72 Å². The van der Waals surface area contributed by atoms with Gasteiger partial charge in [0.05, 0.1) is 4.90 Å². The molecule has 1 N–H and O–H groups in total. The molecule has 2 rings (SSSR count). The van der Waals surface area contributed by atoms with Crippen LogP contribution in [0, 0.1) is 12.7 Å². The fourth-order valence-electron chi connectivity index (χ4n) is 1.63. The number of aryl methyl sites for hydroxylation is 1. The number of nitrogens with zero attached hydrogens (tertiary/aromatic N) is 1. The van der Waals surface area contributed by atoms with Crippen LogP contribution in [0.5, 0.6) is 0 Å². The Morgan fingerprint density at radius 2 is 2.10 bits per heavy atom. The predicted octanol–water partition coefficient (Wildman–Crippen LogP) is 2.77. The Kier molecular flexibility index (Phi) is 4.52. The lowest BCUT2D eigenvalue weighted by Gasteiger charge is -2.09. The van der Waals surface area contributed by atoms with Crippen molar-refractivity contribution in [2.45, 2.75) is 18.4 Å². The summed E-state index contributed by atoms with van der Waals surface area (Å²) in [5.74, 6) is -0.501. The molecule has 0 saturated carbocycles. The number of benzene rings is 1. The van der Waals surface area contributed by atoms with Gasteiger partial charge < -0.3 is 0 Å². The molecule has 1 aromatic heterocycles. The van der Waals surface area contributed by atoms with Crippen molar-refractivity contribution in [2.75, 3.05) is 0 Å². The van der Waals surface area contributed by atoms with Crippen LogP contribution in [-0.4, -0.2) is 13.4 Å². The highest BCUT2D eigenvalue weighted by Crippen LogP contribution is 2.22. The Labute approximate surface area is 125 Å². The van der Waals surface area contributed by atoms with Gasteiger partial charge in [-0.1, -0.05) is 0 Å². The minimum atomic E-state index is -3.71. The van der Waals surface area contributed by atoms with E-state index < -0.39 is 15.8 Å². The van der Waals surface area contributed by atoms with Crippen molar-refractivity contribution >= 4 is 26.0 Å². The predicted molar refractivity (Wildman–Crippen MR) is 77.1 cm³/mol. The third kappa shape index (κ3) is 3.41. The van der Waals surface area contributed by atoms with E-state index in [1.54, 1.807) is 18.5 Å². The minimum absolute atomic E-state index is 0.000411. The average molecular weight is 359 g/mol. The summed E-state index contributed by atoms with van der Waals surface area (Å²) in [6, 6.07) is 5.24. The maximum Gasteiger partial charge on any atom is 0.241 e. The van der Waals surface area contributed by atoms with Gasteiger partial charge >= 0.3 is 0 Å². The zero-order valence-corrected chi connectivity index (χ0v) is 13.0. The number of hydrogen-bond donors (Lipinski definition) is 1. The molecule has 0 bridgehead atoms.